The van der Waals surface area contributed by atoms with E-state index in [4.69, 9.17) is 4.74 Å². The molecule has 0 aliphatic heterocycles. The molecule has 0 fully saturated rings. The summed E-state index contributed by atoms with van der Waals surface area (Å²) in [6.07, 6.45) is -4.74. The highest BCUT2D eigenvalue weighted by Crippen LogP contribution is 2.32. The van der Waals surface area contributed by atoms with Crippen LogP contribution in [0.15, 0.2) is 53.0 Å². The molecule has 0 radical (unpaired) electrons. The van der Waals surface area contributed by atoms with Crippen molar-refractivity contribution in [2.24, 2.45) is 0 Å². The molecule has 0 saturated heterocycles. The van der Waals surface area contributed by atoms with Crippen LogP contribution in [-0.4, -0.2) is 6.36 Å². The first-order valence-electron chi connectivity index (χ1n) is 5.66. The summed E-state index contributed by atoms with van der Waals surface area (Å²) in [5.74, 6) is -0.301. The quantitative estimate of drug-likeness (QED) is 0.781. The van der Waals surface area contributed by atoms with Gasteiger partial charge in [0.1, 0.15) is 6.61 Å². The number of halogens is 4. The number of alkyl halides is 3. The van der Waals surface area contributed by atoms with Gasteiger partial charge in [-0.05, 0) is 29.8 Å². The van der Waals surface area contributed by atoms with E-state index in [0.717, 1.165) is 10.0 Å². The highest BCUT2D eigenvalue weighted by Gasteiger charge is 2.32. The van der Waals surface area contributed by atoms with E-state index in [1.165, 1.54) is 18.2 Å². The second-order valence-electron chi connectivity index (χ2n) is 3.91. The molecule has 2 aromatic rings. The maximum atomic E-state index is 12.2. The van der Waals surface area contributed by atoms with Gasteiger partial charge in [0.2, 0.25) is 0 Å². The van der Waals surface area contributed by atoms with Gasteiger partial charge in [-0.3, -0.25) is 0 Å². The van der Waals surface area contributed by atoms with Crippen LogP contribution in [0.2, 0.25) is 0 Å². The van der Waals surface area contributed by atoms with E-state index < -0.39 is 6.36 Å². The average Bonchev–Trinajstić information content (AvgIpc) is 2.38. The van der Waals surface area contributed by atoms with Crippen molar-refractivity contribution in [2.75, 3.05) is 0 Å². The van der Waals surface area contributed by atoms with E-state index in [1.54, 1.807) is 6.07 Å². The molecule has 0 spiro atoms. The minimum absolute atomic E-state index is 0.0488. The van der Waals surface area contributed by atoms with Crippen molar-refractivity contribution in [3.8, 4) is 11.5 Å². The van der Waals surface area contributed by atoms with Crippen molar-refractivity contribution in [3.63, 3.8) is 0 Å². The van der Waals surface area contributed by atoms with Crippen LogP contribution < -0.4 is 9.47 Å². The Balaban J connectivity index is 2.07. The minimum atomic E-state index is -4.74. The molecule has 106 valence electrons. The second-order valence-corrected chi connectivity index (χ2v) is 4.83. The number of para-hydroxylation sites is 2. The summed E-state index contributed by atoms with van der Waals surface area (Å²) >= 11 is 3.30. The van der Waals surface area contributed by atoms with E-state index in [-0.39, 0.29) is 18.1 Å². The van der Waals surface area contributed by atoms with Crippen LogP contribution in [0, 0.1) is 0 Å². The normalized spacial score (nSPS) is 11.2. The van der Waals surface area contributed by atoms with Crippen molar-refractivity contribution in [3.05, 3.63) is 58.6 Å². The Bertz CT molecular complexity index is 567. The predicted molar refractivity (Wildman–Crippen MR) is 71.6 cm³/mol. The van der Waals surface area contributed by atoms with E-state index >= 15 is 0 Å². The van der Waals surface area contributed by atoms with Crippen molar-refractivity contribution < 1.29 is 22.6 Å². The number of hydrogen-bond donors (Lipinski definition) is 0. The highest BCUT2D eigenvalue weighted by molar-refractivity contribution is 9.10. The SMILES string of the molecule is FC(F)(F)Oc1ccccc1OCc1ccc(Br)cc1. The van der Waals surface area contributed by atoms with Crippen LogP contribution >= 0.6 is 15.9 Å². The second kappa shape index (κ2) is 6.17. The fourth-order valence-electron chi connectivity index (χ4n) is 1.52. The lowest BCUT2D eigenvalue weighted by Crippen LogP contribution is -2.17. The van der Waals surface area contributed by atoms with Crippen LogP contribution in [0.4, 0.5) is 13.2 Å². The molecular formula is C14H10BrF3O2. The Hall–Kier alpha value is -1.69. The summed E-state index contributed by atoms with van der Waals surface area (Å²) in [6.45, 7) is 0.158. The molecule has 0 aliphatic rings. The number of ether oxygens (including phenoxy) is 2. The molecule has 0 unspecified atom stereocenters. The summed E-state index contributed by atoms with van der Waals surface area (Å²) in [5.41, 5.74) is 0.843. The van der Waals surface area contributed by atoms with Gasteiger partial charge in [-0.2, -0.15) is 0 Å². The lowest BCUT2D eigenvalue weighted by molar-refractivity contribution is -0.275. The van der Waals surface area contributed by atoms with Gasteiger partial charge in [-0.15, -0.1) is 13.2 Å². The molecule has 0 heterocycles. The zero-order valence-corrected chi connectivity index (χ0v) is 11.7. The summed E-state index contributed by atoms with van der Waals surface area (Å²) in [5, 5.41) is 0. The van der Waals surface area contributed by atoms with Crippen molar-refractivity contribution in [1.29, 1.82) is 0 Å². The first-order valence-corrected chi connectivity index (χ1v) is 6.45. The van der Waals surface area contributed by atoms with Crippen LogP contribution in [0.5, 0.6) is 11.5 Å². The fourth-order valence-corrected chi connectivity index (χ4v) is 1.78. The summed E-state index contributed by atoms with van der Waals surface area (Å²) in [6, 6.07) is 13.0. The van der Waals surface area contributed by atoms with Gasteiger partial charge in [0.05, 0.1) is 0 Å². The lowest BCUT2D eigenvalue weighted by Gasteiger charge is -2.13. The third-order valence-electron chi connectivity index (χ3n) is 2.38. The molecule has 0 aliphatic carbocycles. The number of rotatable bonds is 4. The van der Waals surface area contributed by atoms with Crippen LogP contribution in [0.25, 0.3) is 0 Å². The molecular weight excluding hydrogens is 337 g/mol. The van der Waals surface area contributed by atoms with E-state index in [0.29, 0.717) is 0 Å². The Labute approximate surface area is 122 Å². The fraction of sp³-hybridized carbons (Fsp3) is 0.143. The van der Waals surface area contributed by atoms with Crippen LogP contribution in [0.3, 0.4) is 0 Å². The molecule has 2 aromatic carbocycles. The third kappa shape index (κ3) is 4.45. The molecule has 0 amide bonds. The van der Waals surface area contributed by atoms with Gasteiger partial charge in [-0.1, -0.05) is 40.2 Å². The maximum Gasteiger partial charge on any atom is 0.573 e. The smallest absolute Gasteiger partial charge is 0.485 e. The summed E-state index contributed by atoms with van der Waals surface area (Å²) in [4.78, 5) is 0. The van der Waals surface area contributed by atoms with Gasteiger partial charge < -0.3 is 9.47 Å². The van der Waals surface area contributed by atoms with Gasteiger partial charge in [0.25, 0.3) is 0 Å². The molecule has 0 atom stereocenters. The van der Waals surface area contributed by atoms with Crippen LogP contribution in [0.1, 0.15) is 5.56 Å². The highest BCUT2D eigenvalue weighted by atomic mass is 79.9. The van der Waals surface area contributed by atoms with Gasteiger partial charge in [-0.25, -0.2) is 0 Å². The number of hydrogen-bond acceptors (Lipinski definition) is 2. The predicted octanol–water partition coefficient (Wildman–Crippen LogP) is 4.93. The molecule has 2 rings (SSSR count). The van der Waals surface area contributed by atoms with Crippen LogP contribution in [-0.2, 0) is 6.61 Å². The first kappa shape index (κ1) is 14.7. The molecule has 2 nitrogen and oxygen atoms in total. The number of benzene rings is 2. The van der Waals surface area contributed by atoms with Gasteiger partial charge in [0, 0.05) is 4.47 Å². The summed E-state index contributed by atoms with van der Waals surface area (Å²) in [7, 11) is 0. The standard InChI is InChI=1S/C14H10BrF3O2/c15-11-7-5-10(6-8-11)9-19-12-3-1-2-4-13(12)20-14(16,17)18/h1-8H,9H2. The van der Waals surface area contributed by atoms with Crippen molar-refractivity contribution >= 4 is 15.9 Å². The van der Waals surface area contributed by atoms with E-state index in [1.807, 2.05) is 24.3 Å². The Kier molecular flexibility index (Phi) is 4.54. The Morgan fingerprint density at radius 1 is 0.900 bits per heavy atom. The monoisotopic (exact) mass is 346 g/mol. The first-order chi connectivity index (χ1) is 9.44. The zero-order chi connectivity index (χ0) is 14.6. The molecule has 20 heavy (non-hydrogen) atoms. The van der Waals surface area contributed by atoms with Gasteiger partial charge >= 0.3 is 6.36 Å². The molecule has 0 aromatic heterocycles. The minimum Gasteiger partial charge on any atom is -0.485 e. The van der Waals surface area contributed by atoms with Gasteiger partial charge in [0.15, 0.2) is 11.5 Å². The van der Waals surface area contributed by atoms with E-state index in [2.05, 4.69) is 20.7 Å². The largest absolute Gasteiger partial charge is 0.573 e. The molecule has 0 saturated carbocycles. The summed E-state index contributed by atoms with van der Waals surface area (Å²) < 4.78 is 46.9. The zero-order valence-electron chi connectivity index (χ0n) is 10.2. The molecule has 0 N–H and O–H groups in total. The molecule has 6 heteroatoms. The topological polar surface area (TPSA) is 18.5 Å². The van der Waals surface area contributed by atoms with Crippen molar-refractivity contribution in [2.45, 2.75) is 13.0 Å². The van der Waals surface area contributed by atoms with E-state index in [9.17, 15) is 13.2 Å². The Morgan fingerprint density at radius 3 is 2.10 bits per heavy atom. The third-order valence-corrected chi connectivity index (χ3v) is 2.91. The van der Waals surface area contributed by atoms with Crippen molar-refractivity contribution in [1.82, 2.24) is 0 Å². The lowest BCUT2D eigenvalue weighted by atomic mass is 10.2. The molecule has 0 bridgehead atoms. The average molecular weight is 347 g/mol. The maximum absolute atomic E-state index is 12.2. The Morgan fingerprint density at radius 2 is 1.50 bits per heavy atom.